The molecule has 0 radical (unpaired) electrons. The van der Waals surface area contributed by atoms with Crippen LogP contribution in [0.25, 0.3) is 6.08 Å². The molecule has 0 unspecified atom stereocenters. The smallest absolute Gasteiger partial charge is 0.242 e. The van der Waals surface area contributed by atoms with Crippen molar-refractivity contribution in [3.05, 3.63) is 65.1 Å². The molecule has 0 aliphatic carbocycles. The van der Waals surface area contributed by atoms with E-state index in [0.717, 1.165) is 28.6 Å². The predicted octanol–water partition coefficient (Wildman–Crippen LogP) is 3.68. The lowest BCUT2D eigenvalue weighted by atomic mass is 10.0. The second-order valence-electron chi connectivity index (χ2n) is 8.24. The highest BCUT2D eigenvalue weighted by atomic mass is 32.2. The second kappa shape index (κ2) is 10.1. The lowest BCUT2D eigenvalue weighted by Crippen LogP contribution is -2.46. The highest BCUT2D eigenvalue weighted by molar-refractivity contribution is 7.92. The van der Waals surface area contributed by atoms with Gasteiger partial charge in [-0.25, -0.2) is 8.42 Å². The summed E-state index contributed by atoms with van der Waals surface area (Å²) in [7, 11) is -3.83. The molecule has 2 aromatic rings. The van der Waals surface area contributed by atoms with Crippen LogP contribution in [0.15, 0.2) is 53.9 Å². The summed E-state index contributed by atoms with van der Waals surface area (Å²) in [5.74, 6) is -0.610. The van der Waals surface area contributed by atoms with Crippen molar-refractivity contribution >= 4 is 39.3 Å². The van der Waals surface area contributed by atoms with Crippen LogP contribution in [-0.2, 0) is 19.6 Å². The van der Waals surface area contributed by atoms with Crippen molar-refractivity contribution in [3.8, 4) is 0 Å². The van der Waals surface area contributed by atoms with Crippen LogP contribution < -0.4 is 14.9 Å². The van der Waals surface area contributed by atoms with E-state index in [1.165, 1.54) is 6.08 Å². The lowest BCUT2D eigenvalue weighted by Gasteiger charge is -2.22. The standard InChI is InChI=1S/C24H29N3O4S/c1-17(2)23(26-32(30,31)15-13-19-8-5-4-6-9-19)24(29)25-20-11-12-21(18(3)16-20)27-14-7-10-22(27)28/h4-6,8-9,11-13,15-17,23,26H,7,10,14H2,1-3H3,(H,25,29)/b15-13+/t23-/m0/s1. The molecule has 1 aliphatic rings. The van der Waals surface area contributed by atoms with E-state index in [1.54, 1.807) is 43.0 Å². The summed E-state index contributed by atoms with van der Waals surface area (Å²) < 4.78 is 27.6. The maximum absolute atomic E-state index is 12.9. The molecular formula is C24H29N3O4S. The Hall–Kier alpha value is -2.97. The van der Waals surface area contributed by atoms with Gasteiger partial charge in [-0.3, -0.25) is 9.59 Å². The second-order valence-corrected chi connectivity index (χ2v) is 9.84. The largest absolute Gasteiger partial charge is 0.325 e. The number of sulfonamides is 1. The first-order valence-electron chi connectivity index (χ1n) is 10.6. The molecule has 8 heteroatoms. The molecule has 2 N–H and O–H groups in total. The molecule has 1 heterocycles. The third-order valence-electron chi connectivity index (χ3n) is 5.31. The van der Waals surface area contributed by atoms with Crippen molar-refractivity contribution in [1.82, 2.24) is 4.72 Å². The molecule has 3 rings (SSSR count). The van der Waals surface area contributed by atoms with Gasteiger partial charge in [0.2, 0.25) is 21.8 Å². The topological polar surface area (TPSA) is 95.6 Å². The van der Waals surface area contributed by atoms with E-state index in [4.69, 9.17) is 0 Å². The summed E-state index contributed by atoms with van der Waals surface area (Å²) in [6.45, 7) is 6.13. The molecule has 0 bridgehead atoms. The van der Waals surface area contributed by atoms with Crippen LogP contribution in [0.4, 0.5) is 11.4 Å². The molecule has 0 saturated carbocycles. The van der Waals surface area contributed by atoms with Gasteiger partial charge in [0.1, 0.15) is 6.04 Å². The molecule has 2 amide bonds. The van der Waals surface area contributed by atoms with Gasteiger partial charge in [0.15, 0.2) is 0 Å². The molecule has 32 heavy (non-hydrogen) atoms. The van der Waals surface area contributed by atoms with Crippen LogP contribution >= 0.6 is 0 Å². The number of rotatable bonds is 8. The Morgan fingerprint density at radius 1 is 1.12 bits per heavy atom. The fourth-order valence-electron chi connectivity index (χ4n) is 3.60. The van der Waals surface area contributed by atoms with E-state index in [9.17, 15) is 18.0 Å². The van der Waals surface area contributed by atoms with Gasteiger partial charge < -0.3 is 10.2 Å². The SMILES string of the molecule is Cc1cc(NC(=O)[C@@H](NS(=O)(=O)/C=C/c2ccccc2)C(C)C)ccc1N1CCCC1=O. The number of hydrogen-bond donors (Lipinski definition) is 2. The lowest BCUT2D eigenvalue weighted by molar-refractivity contribution is -0.119. The zero-order chi connectivity index (χ0) is 23.3. The number of amides is 2. The number of nitrogens with zero attached hydrogens (tertiary/aromatic N) is 1. The van der Waals surface area contributed by atoms with Crippen molar-refractivity contribution in [2.24, 2.45) is 5.92 Å². The minimum Gasteiger partial charge on any atom is -0.325 e. The quantitative estimate of drug-likeness (QED) is 0.635. The highest BCUT2D eigenvalue weighted by Crippen LogP contribution is 2.27. The fourth-order valence-corrected chi connectivity index (χ4v) is 4.75. The summed E-state index contributed by atoms with van der Waals surface area (Å²) in [6, 6.07) is 13.5. The number of carbonyl (C=O) groups excluding carboxylic acids is 2. The van der Waals surface area contributed by atoms with E-state index >= 15 is 0 Å². The number of carbonyl (C=O) groups is 2. The van der Waals surface area contributed by atoms with E-state index in [0.29, 0.717) is 18.7 Å². The molecule has 0 aromatic heterocycles. The fraction of sp³-hybridized carbons (Fsp3) is 0.333. The maximum Gasteiger partial charge on any atom is 0.242 e. The Morgan fingerprint density at radius 3 is 2.44 bits per heavy atom. The number of benzene rings is 2. The number of anilines is 2. The molecule has 0 spiro atoms. The van der Waals surface area contributed by atoms with Gasteiger partial charge in [0.05, 0.1) is 0 Å². The first-order chi connectivity index (χ1) is 15.2. The third kappa shape index (κ3) is 6.05. The Morgan fingerprint density at radius 2 is 1.84 bits per heavy atom. The Balaban J connectivity index is 1.70. The van der Waals surface area contributed by atoms with Gasteiger partial charge in [0, 0.05) is 29.7 Å². The molecule has 2 aromatic carbocycles. The van der Waals surface area contributed by atoms with Crippen molar-refractivity contribution in [3.63, 3.8) is 0 Å². The number of hydrogen-bond acceptors (Lipinski definition) is 4. The van der Waals surface area contributed by atoms with Crippen molar-refractivity contribution in [1.29, 1.82) is 0 Å². The van der Waals surface area contributed by atoms with Gasteiger partial charge in [-0.05, 0) is 54.7 Å². The van der Waals surface area contributed by atoms with E-state index in [-0.39, 0.29) is 11.8 Å². The average molecular weight is 456 g/mol. The molecule has 1 fully saturated rings. The van der Waals surface area contributed by atoms with E-state index < -0.39 is 22.0 Å². The molecule has 1 aliphatic heterocycles. The highest BCUT2D eigenvalue weighted by Gasteiger charge is 2.27. The van der Waals surface area contributed by atoms with E-state index in [2.05, 4.69) is 10.0 Å². The zero-order valence-corrected chi connectivity index (χ0v) is 19.4. The number of nitrogens with one attached hydrogen (secondary N) is 2. The van der Waals surface area contributed by atoms with Gasteiger partial charge in [-0.1, -0.05) is 44.2 Å². The monoisotopic (exact) mass is 455 g/mol. The summed E-state index contributed by atoms with van der Waals surface area (Å²) >= 11 is 0. The van der Waals surface area contributed by atoms with Gasteiger partial charge in [-0.15, -0.1) is 0 Å². The van der Waals surface area contributed by atoms with Crippen molar-refractivity contribution < 1.29 is 18.0 Å². The van der Waals surface area contributed by atoms with Gasteiger partial charge in [-0.2, -0.15) is 4.72 Å². The molecule has 7 nitrogen and oxygen atoms in total. The number of aryl methyl sites for hydroxylation is 1. The molecule has 1 saturated heterocycles. The Labute approximate surface area is 189 Å². The van der Waals surface area contributed by atoms with E-state index in [1.807, 2.05) is 31.2 Å². The van der Waals surface area contributed by atoms with Crippen LogP contribution in [0.5, 0.6) is 0 Å². The summed E-state index contributed by atoms with van der Waals surface area (Å²) in [5, 5.41) is 3.86. The summed E-state index contributed by atoms with van der Waals surface area (Å²) in [5.41, 5.74) is 2.99. The van der Waals surface area contributed by atoms with Gasteiger partial charge >= 0.3 is 0 Å². The Bertz CT molecular complexity index is 1110. The first-order valence-corrected chi connectivity index (χ1v) is 12.2. The molecule has 170 valence electrons. The van der Waals surface area contributed by atoms with Crippen LogP contribution in [0.2, 0.25) is 0 Å². The minimum atomic E-state index is -3.83. The minimum absolute atomic E-state index is 0.0997. The van der Waals surface area contributed by atoms with Crippen LogP contribution in [-0.4, -0.2) is 32.8 Å². The molecular weight excluding hydrogens is 426 g/mol. The maximum atomic E-state index is 12.9. The van der Waals surface area contributed by atoms with Crippen LogP contribution in [0, 0.1) is 12.8 Å². The molecule has 1 atom stereocenters. The summed E-state index contributed by atoms with van der Waals surface area (Å²) in [6.07, 6.45) is 2.87. The summed E-state index contributed by atoms with van der Waals surface area (Å²) in [4.78, 5) is 26.7. The zero-order valence-electron chi connectivity index (χ0n) is 18.5. The predicted molar refractivity (Wildman–Crippen MR) is 128 cm³/mol. The Kier molecular flexibility index (Phi) is 7.48. The van der Waals surface area contributed by atoms with Gasteiger partial charge in [0.25, 0.3) is 0 Å². The van der Waals surface area contributed by atoms with Crippen molar-refractivity contribution in [2.75, 3.05) is 16.8 Å². The van der Waals surface area contributed by atoms with Crippen LogP contribution in [0.1, 0.15) is 37.8 Å². The normalized spacial score (nSPS) is 15.5. The first kappa shape index (κ1) is 23.7. The average Bonchev–Trinajstić information content (AvgIpc) is 3.17. The third-order valence-corrected chi connectivity index (χ3v) is 6.38. The van der Waals surface area contributed by atoms with Crippen molar-refractivity contribution in [2.45, 2.75) is 39.7 Å². The van der Waals surface area contributed by atoms with Crippen LogP contribution in [0.3, 0.4) is 0 Å².